The van der Waals surface area contributed by atoms with Gasteiger partial charge in [-0.3, -0.25) is 4.79 Å². The maximum absolute atomic E-state index is 12.4. The van der Waals surface area contributed by atoms with Gasteiger partial charge in [-0.2, -0.15) is 5.10 Å². The standard InChI is InChI=1S/C16H28N4O2/c1-11(2)20-15(7-9-17-20)19-16(22)12(3)18-14-6-4-5-13(14)8-10-21/h7,9,11-14,18,21H,4-6,8,10H2,1-3H3,(H,19,22). The van der Waals surface area contributed by atoms with Gasteiger partial charge >= 0.3 is 0 Å². The van der Waals surface area contributed by atoms with E-state index in [1.165, 1.54) is 0 Å². The van der Waals surface area contributed by atoms with Gasteiger partial charge in [0.2, 0.25) is 5.91 Å². The molecule has 0 spiro atoms. The zero-order valence-electron chi connectivity index (χ0n) is 13.7. The number of carbonyl (C=O) groups excluding carboxylic acids is 1. The summed E-state index contributed by atoms with van der Waals surface area (Å²) in [5.74, 6) is 1.16. The second-order valence-corrected chi connectivity index (χ2v) is 6.44. The van der Waals surface area contributed by atoms with Crippen LogP contribution in [0, 0.1) is 5.92 Å². The Kier molecular flexibility index (Phi) is 5.97. The lowest BCUT2D eigenvalue weighted by Gasteiger charge is -2.24. The Morgan fingerprint density at radius 1 is 1.45 bits per heavy atom. The molecule has 0 bridgehead atoms. The molecule has 1 aromatic heterocycles. The van der Waals surface area contributed by atoms with Crippen LogP contribution in [0.3, 0.4) is 0 Å². The zero-order chi connectivity index (χ0) is 16.1. The average molecular weight is 308 g/mol. The predicted molar refractivity (Wildman–Crippen MR) is 86.7 cm³/mol. The molecule has 0 aromatic carbocycles. The quantitative estimate of drug-likeness (QED) is 0.719. The van der Waals surface area contributed by atoms with Gasteiger partial charge in [0, 0.05) is 24.8 Å². The number of hydrogen-bond donors (Lipinski definition) is 3. The van der Waals surface area contributed by atoms with Crippen LogP contribution < -0.4 is 10.6 Å². The van der Waals surface area contributed by atoms with E-state index in [2.05, 4.69) is 15.7 Å². The van der Waals surface area contributed by atoms with Crippen LogP contribution in [0.5, 0.6) is 0 Å². The summed E-state index contributed by atoms with van der Waals surface area (Å²) in [5.41, 5.74) is 0. The van der Waals surface area contributed by atoms with Crippen molar-refractivity contribution in [3.05, 3.63) is 12.3 Å². The Morgan fingerprint density at radius 2 is 2.23 bits per heavy atom. The summed E-state index contributed by atoms with van der Waals surface area (Å²) >= 11 is 0. The lowest BCUT2D eigenvalue weighted by molar-refractivity contribution is -0.118. The maximum atomic E-state index is 12.4. The highest BCUT2D eigenvalue weighted by Crippen LogP contribution is 2.28. The number of amides is 1. The highest BCUT2D eigenvalue weighted by molar-refractivity contribution is 5.93. The first kappa shape index (κ1) is 17.0. The number of aliphatic hydroxyl groups excluding tert-OH is 1. The van der Waals surface area contributed by atoms with E-state index in [4.69, 9.17) is 5.11 Å². The summed E-state index contributed by atoms with van der Waals surface area (Å²) in [6, 6.07) is 2.08. The van der Waals surface area contributed by atoms with E-state index in [1.807, 2.05) is 26.8 Å². The minimum atomic E-state index is -0.264. The fourth-order valence-electron chi connectivity index (χ4n) is 3.22. The number of carbonyl (C=O) groups is 1. The number of hydrogen-bond acceptors (Lipinski definition) is 4. The lowest BCUT2D eigenvalue weighted by Crippen LogP contribution is -2.45. The maximum Gasteiger partial charge on any atom is 0.242 e. The molecule has 3 N–H and O–H groups in total. The van der Waals surface area contributed by atoms with E-state index in [-0.39, 0.29) is 24.6 Å². The molecule has 1 amide bonds. The highest BCUT2D eigenvalue weighted by atomic mass is 16.3. The van der Waals surface area contributed by atoms with Gasteiger partial charge in [-0.25, -0.2) is 4.68 Å². The molecule has 1 heterocycles. The van der Waals surface area contributed by atoms with Crippen molar-refractivity contribution in [1.82, 2.24) is 15.1 Å². The summed E-state index contributed by atoms with van der Waals surface area (Å²) in [5, 5.41) is 19.7. The van der Waals surface area contributed by atoms with E-state index in [9.17, 15) is 4.79 Å². The van der Waals surface area contributed by atoms with Crippen molar-refractivity contribution in [1.29, 1.82) is 0 Å². The van der Waals surface area contributed by atoms with Crippen molar-refractivity contribution >= 4 is 11.7 Å². The van der Waals surface area contributed by atoms with E-state index in [0.29, 0.717) is 12.0 Å². The van der Waals surface area contributed by atoms with E-state index >= 15 is 0 Å². The van der Waals surface area contributed by atoms with Crippen molar-refractivity contribution in [2.24, 2.45) is 5.92 Å². The highest BCUT2D eigenvalue weighted by Gasteiger charge is 2.29. The second-order valence-electron chi connectivity index (χ2n) is 6.44. The summed E-state index contributed by atoms with van der Waals surface area (Å²) in [4.78, 5) is 12.4. The minimum absolute atomic E-state index is 0.0444. The van der Waals surface area contributed by atoms with Gasteiger partial charge in [0.05, 0.1) is 12.2 Å². The number of anilines is 1. The first-order valence-corrected chi connectivity index (χ1v) is 8.24. The van der Waals surface area contributed by atoms with E-state index in [0.717, 1.165) is 31.5 Å². The fourth-order valence-corrected chi connectivity index (χ4v) is 3.22. The molecule has 22 heavy (non-hydrogen) atoms. The van der Waals surface area contributed by atoms with Gasteiger partial charge < -0.3 is 15.7 Å². The van der Waals surface area contributed by atoms with Gasteiger partial charge in [-0.05, 0) is 46.0 Å². The molecule has 124 valence electrons. The molecule has 2 rings (SSSR count). The number of nitrogens with zero attached hydrogens (tertiary/aromatic N) is 2. The van der Waals surface area contributed by atoms with Crippen molar-refractivity contribution < 1.29 is 9.90 Å². The van der Waals surface area contributed by atoms with Crippen molar-refractivity contribution in [3.8, 4) is 0 Å². The Hall–Kier alpha value is -1.40. The van der Waals surface area contributed by atoms with Crippen LogP contribution in [-0.4, -0.2) is 39.5 Å². The SMILES string of the molecule is CC(NC1CCCC1CCO)C(=O)Nc1ccnn1C(C)C. The minimum Gasteiger partial charge on any atom is -0.396 e. The molecular formula is C16H28N4O2. The van der Waals surface area contributed by atoms with Crippen LogP contribution in [0.1, 0.15) is 52.5 Å². The van der Waals surface area contributed by atoms with Crippen molar-refractivity contribution in [2.45, 2.75) is 64.6 Å². The molecule has 1 aromatic rings. The third kappa shape index (κ3) is 4.08. The Labute approximate surface area is 132 Å². The smallest absolute Gasteiger partial charge is 0.242 e. The third-order valence-electron chi connectivity index (χ3n) is 4.43. The topological polar surface area (TPSA) is 79.2 Å². The van der Waals surface area contributed by atoms with E-state index < -0.39 is 0 Å². The van der Waals surface area contributed by atoms with Crippen LogP contribution >= 0.6 is 0 Å². The van der Waals surface area contributed by atoms with Crippen LogP contribution in [0.2, 0.25) is 0 Å². The molecular weight excluding hydrogens is 280 g/mol. The monoisotopic (exact) mass is 308 g/mol. The summed E-state index contributed by atoms with van der Waals surface area (Å²) < 4.78 is 1.80. The van der Waals surface area contributed by atoms with Gasteiger partial charge in [0.25, 0.3) is 0 Å². The molecule has 1 fully saturated rings. The lowest BCUT2D eigenvalue weighted by atomic mass is 9.99. The molecule has 6 heteroatoms. The molecule has 3 unspecified atom stereocenters. The van der Waals surface area contributed by atoms with E-state index in [1.54, 1.807) is 10.9 Å². The van der Waals surface area contributed by atoms with Gasteiger partial charge in [-0.15, -0.1) is 0 Å². The Balaban J connectivity index is 1.90. The first-order valence-electron chi connectivity index (χ1n) is 8.24. The van der Waals surface area contributed by atoms with Gasteiger partial charge in [0.15, 0.2) is 0 Å². The third-order valence-corrected chi connectivity index (χ3v) is 4.43. The summed E-state index contributed by atoms with van der Waals surface area (Å²) in [6.07, 6.45) is 5.88. The van der Waals surface area contributed by atoms with Crippen molar-refractivity contribution in [2.75, 3.05) is 11.9 Å². The molecule has 0 aliphatic heterocycles. The largest absolute Gasteiger partial charge is 0.396 e. The molecule has 6 nitrogen and oxygen atoms in total. The first-order chi connectivity index (χ1) is 10.5. The fraction of sp³-hybridized carbons (Fsp3) is 0.750. The predicted octanol–water partition coefficient (Wildman–Crippen LogP) is 1.93. The normalized spacial score (nSPS) is 23.0. The molecule has 1 saturated carbocycles. The Morgan fingerprint density at radius 3 is 2.91 bits per heavy atom. The van der Waals surface area contributed by atoms with Crippen LogP contribution in [0.4, 0.5) is 5.82 Å². The molecule has 1 aliphatic rings. The van der Waals surface area contributed by atoms with Crippen LogP contribution in [0.25, 0.3) is 0 Å². The molecule has 3 atom stereocenters. The molecule has 0 radical (unpaired) electrons. The summed E-state index contributed by atoms with van der Waals surface area (Å²) in [7, 11) is 0. The van der Waals surface area contributed by atoms with Gasteiger partial charge in [-0.1, -0.05) is 6.42 Å². The summed E-state index contributed by atoms with van der Waals surface area (Å²) in [6.45, 7) is 6.17. The number of aromatic nitrogens is 2. The zero-order valence-corrected chi connectivity index (χ0v) is 13.7. The Bertz CT molecular complexity index is 486. The van der Waals surface area contributed by atoms with Crippen LogP contribution in [-0.2, 0) is 4.79 Å². The van der Waals surface area contributed by atoms with Crippen LogP contribution in [0.15, 0.2) is 12.3 Å². The van der Waals surface area contributed by atoms with Crippen molar-refractivity contribution in [3.63, 3.8) is 0 Å². The number of rotatable bonds is 7. The number of nitrogens with one attached hydrogen (secondary N) is 2. The molecule has 0 saturated heterocycles. The molecule has 1 aliphatic carbocycles. The number of aliphatic hydroxyl groups is 1. The van der Waals surface area contributed by atoms with Gasteiger partial charge in [0.1, 0.15) is 5.82 Å². The average Bonchev–Trinajstić information content (AvgIpc) is 3.09. The second kappa shape index (κ2) is 7.74.